The van der Waals surface area contributed by atoms with Crippen molar-refractivity contribution in [1.29, 1.82) is 0 Å². The van der Waals surface area contributed by atoms with E-state index in [0.29, 0.717) is 0 Å². The van der Waals surface area contributed by atoms with Crippen LogP contribution in [0, 0.1) is 11.8 Å². The molecule has 1 nitrogen and oxygen atoms in total. The Kier molecular flexibility index (Phi) is 4.44. The monoisotopic (exact) mass is 196 g/mol. The standard InChI is InChI=1S/C9H15F3O/c1-4-6(2)7(3)8(13)5-9(10,11)12/h6-7H,4-5H2,1-3H3. The van der Waals surface area contributed by atoms with Crippen LogP contribution in [-0.4, -0.2) is 12.0 Å². The van der Waals surface area contributed by atoms with Crippen molar-refractivity contribution in [2.24, 2.45) is 11.8 Å². The molecule has 0 aliphatic carbocycles. The Morgan fingerprint density at radius 2 is 1.77 bits per heavy atom. The van der Waals surface area contributed by atoms with Gasteiger partial charge >= 0.3 is 6.18 Å². The summed E-state index contributed by atoms with van der Waals surface area (Å²) >= 11 is 0. The van der Waals surface area contributed by atoms with Crippen molar-refractivity contribution in [3.8, 4) is 0 Å². The van der Waals surface area contributed by atoms with Gasteiger partial charge in [-0.25, -0.2) is 0 Å². The molecule has 13 heavy (non-hydrogen) atoms. The summed E-state index contributed by atoms with van der Waals surface area (Å²) in [7, 11) is 0. The molecule has 4 heteroatoms. The summed E-state index contributed by atoms with van der Waals surface area (Å²) in [5.41, 5.74) is 0. The Balaban J connectivity index is 4.12. The first kappa shape index (κ1) is 12.5. The van der Waals surface area contributed by atoms with Crippen molar-refractivity contribution in [1.82, 2.24) is 0 Å². The number of alkyl halides is 3. The van der Waals surface area contributed by atoms with Crippen LogP contribution in [0.4, 0.5) is 13.2 Å². The fraction of sp³-hybridized carbons (Fsp3) is 0.889. The molecule has 2 atom stereocenters. The zero-order chi connectivity index (χ0) is 10.6. The van der Waals surface area contributed by atoms with E-state index in [4.69, 9.17) is 0 Å². The Morgan fingerprint density at radius 1 is 1.31 bits per heavy atom. The molecule has 0 spiro atoms. The lowest BCUT2D eigenvalue weighted by atomic mass is 9.88. The minimum atomic E-state index is -4.36. The molecular weight excluding hydrogens is 181 g/mol. The van der Waals surface area contributed by atoms with E-state index in [1.807, 2.05) is 6.92 Å². The summed E-state index contributed by atoms with van der Waals surface area (Å²) in [5, 5.41) is 0. The molecule has 2 unspecified atom stereocenters. The minimum Gasteiger partial charge on any atom is -0.299 e. The average Bonchev–Trinajstić information content (AvgIpc) is 1.98. The van der Waals surface area contributed by atoms with Crippen molar-refractivity contribution >= 4 is 5.78 Å². The van der Waals surface area contributed by atoms with E-state index >= 15 is 0 Å². The predicted molar refractivity (Wildman–Crippen MR) is 44.3 cm³/mol. The second-order valence-corrected chi connectivity index (χ2v) is 3.43. The molecule has 0 aromatic rings. The third-order valence-corrected chi connectivity index (χ3v) is 2.38. The maximum absolute atomic E-state index is 11.8. The van der Waals surface area contributed by atoms with Crippen molar-refractivity contribution in [3.05, 3.63) is 0 Å². The lowest BCUT2D eigenvalue weighted by molar-refractivity contribution is -0.155. The van der Waals surface area contributed by atoms with Crippen LogP contribution in [0.15, 0.2) is 0 Å². The van der Waals surface area contributed by atoms with Gasteiger partial charge < -0.3 is 0 Å². The van der Waals surface area contributed by atoms with Gasteiger partial charge in [0.05, 0.1) is 0 Å². The van der Waals surface area contributed by atoms with Crippen LogP contribution in [0.2, 0.25) is 0 Å². The molecule has 0 radical (unpaired) electrons. The lowest BCUT2D eigenvalue weighted by Crippen LogP contribution is -2.24. The number of hydrogen-bond donors (Lipinski definition) is 0. The second kappa shape index (κ2) is 4.63. The smallest absolute Gasteiger partial charge is 0.299 e. The van der Waals surface area contributed by atoms with E-state index in [2.05, 4.69) is 0 Å². The summed E-state index contributed by atoms with van der Waals surface area (Å²) in [5.74, 6) is -1.18. The number of hydrogen-bond acceptors (Lipinski definition) is 1. The normalized spacial score (nSPS) is 16.8. The molecule has 0 amide bonds. The Labute approximate surface area is 76.3 Å². The summed E-state index contributed by atoms with van der Waals surface area (Å²) in [6.07, 6.45) is -4.93. The van der Waals surface area contributed by atoms with Gasteiger partial charge in [0.1, 0.15) is 12.2 Å². The molecule has 0 fully saturated rings. The topological polar surface area (TPSA) is 17.1 Å². The van der Waals surface area contributed by atoms with E-state index in [-0.39, 0.29) is 5.92 Å². The van der Waals surface area contributed by atoms with E-state index in [9.17, 15) is 18.0 Å². The Morgan fingerprint density at radius 3 is 2.08 bits per heavy atom. The molecule has 0 aromatic heterocycles. The molecule has 0 heterocycles. The number of Topliss-reactive ketones (excluding diaryl/α,β-unsaturated/α-hetero) is 1. The highest BCUT2D eigenvalue weighted by molar-refractivity contribution is 5.81. The molecule has 0 N–H and O–H groups in total. The molecule has 0 aliphatic rings. The van der Waals surface area contributed by atoms with Crippen molar-refractivity contribution in [2.75, 3.05) is 0 Å². The molecule has 78 valence electrons. The largest absolute Gasteiger partial charge is 0.395 e. The van der Waals surface area contributed by atoms with Crippen LogP contribution >= 0.6 is 0 Å². The molecular formula is C9H15F3O. The van der Waals surface area contributed by atoms with E-state index < -0.39 is 24.3 Å². The van der Waals surface area contributed by atoms with Gasteiger partial charge in [-0.3, -0.25) is 4.79 Å². The van der Waals surface area contributed by atoms with Crippen LogP contribution in [0.5, 0.6) is 0 Å². The van der Waals surface area contributed by atoms with Crippen molar-refractivity contribution in [3.63, 3.8) is 0 Å². The van der Waals surface area contributed by atoms with Gasteiger partial charge in [0.15, 0.2) is 0 Å². The van der Waals surface area contributed by atoms with Gasteiger partial charge in [0, 0.05) is 5.92 Å². The first-order chi connectivity index (χ1) is 5.78. The number of carbonyl (C=O) groups is 1. The van der Waals surface area contributed by atoms with E-state index in [1.165, 1.54) is 0 Å². The molecule has 0 aromatic carbocycles. The predicted octanol–water partition coefficient (Wildman–Crippen LogP) is 3.19. The molecule has 0 saturated heterocycles. The van der Waals surface area contributed by atoms with Crippen LogP contribution in [0.3, 0.4) is 0 Å². The van der Waals surface area contributed by atoms with Crippen molar-refractivity contribution < 1.29 is 18.0 Å². The minimum absolute atomic E-state index is 0.0230. The van der Waals surface area contributed by atoms with Crippen LogP contribution in [0.1, 0.15) is 33.6 Å². The van der Waals surface area contributed by atoms with E-state index in [1.54, 1.807) is 13.8 Å². The van der Waals surface area contributed by atoms with Crippen LogP contribution in [-0.2, 0) is 4.79 Å². The summed E-state index contributed by atoms with van der Waals surface area (Å²) in [4.78, 5) is 11.0. The fourth-order valence-corrected chi connectivity index (χ4v) is 1.03. The van der Waals surface area contributed by atoms with Crippen LogP contribution < -0.4 is 0 Å². The highest BCUT2D eigenvalue weighted by Gasteiger charge is 2.34. The third kappa shape index (κ3) is 4.90. The summed E-state index contributed by atoms with van der Waals surface area (Å²) in [6.45, 7) is 5.21. The Bertz CT molecular complexity index is 174. The number of rotatable bonds is 4. The van der Waals surface area contributed by atoms with Gasteiger partial charge in [-0.15, -0.1) is 0 Å². The molecule has 0 saturated carbocycles. The fourth-order valence-electron chi connectivity index (χ4n) is 1.03. The Hall–Kier alpha value is -0.540. The number of carbonyl (C=O) groups excluding carboxylic acids is 1. The van der Waals surface area contributed by atoms with Gasteiger partial charge in [-0.2, -0.15) is 13.2 Å². The number of halogens is 3. The lowest BCUT2D eigenvalue weighted by Gasteiger charge is -2.17. The van der Waals surface area contributed by atoms with Crippen LogP contribution in [0.25, 0.3) is 0 Å². The second-order valence-electron chi connectivity index (χ2n) is 3.43. The first-order valence-corrected chi connectivity index (χ1v) is 4.37. The van der Waals surface area contributed by atoms with E-state index in [0.717, 1.165) is 6.42 Å². The SMILES string of the molecule is CCC(C)C(C)C(=O)CC(F)(F)F. The highest BCUT2D eigenvalue weighted by Crippen LogP contribution is 2.25. The van der Waals surface area contributed by atoms with Crippen molar-refractivity contribution in [2.45, 2.75) is 39.8 Å². The molecule has 0 aliphatic heterocycles. The molecule has 0 bridgehead atoms. The maximum Gasteiger partial charge on any atom is 0.395 e. The van der Waals surface area contributed by atoms with Gasteiger partial charge in [-0.1, -0.05) is 27.2 Å². The maximum atomic E-state index is 11.8. The zero-order valence-corrected chi connectivity index (χ0v) is 8.11. The average molecular weight is 196 g/mol. The zero-order valence-electron chi connectivity index (χ0n) is 8.11. The summed E-state index contributed by atoms with van der Waals surface area (Å²) < 4.78 is 35.4. The quantitative estimate of drug-likeness (QED) is 0.674. The first-order valence-electron chi connectivity index (χ1n) is 4.37. The third-order valence-electron chi connectivity index (χ3n) is 2.38. The van der Waals surface area contributed by atoms with Gasteiger partial charge in [0.2, 0.25) is 0 Å². The summed E-state index contributed by atoms with van der Waals surface area (Å²) in [6, 6.07) is 0. The van der Waals surface area contributed by atoms with Gasteiger partial charge in [-0.05, 0) is 5.92 Å². The molecule has 0 rings (SSSR count). The number of ketones is 1. The van der Waals surface area contributed by atoms with Gasteiger partial charge in [0.25, 0.3) is 0 Å². The highest BCUT2D eigenvalue weighted by atomic mass is 19.4.